The summed E-state index contributed by atoms with van der Waals surface area (Å²) in [5.74, 6) is -0.160. The molecule has 0 aromatic carbocycles. The van der Waals surface area contributed by atoms with Crippen LogP contribution in [0.25, 0.3) is 0 Å². The summed E-state index contributed by atoms with van der Waals surface area (Å²) >= 11 is 0. The second-order valence-corrected chi connectivity index (χ2v) is 8.20. The summed E-state index contributed by atoms with van der Waals surface area (Å²) in [4.78, 5) is 0. The summed E-state index contributed by atoms with van der Waals surface area (Å²) in [6.07, 6.45) is -8.48. The fourth-order valence-corrected chi connectivity index (χ4v) is 4.93. The first-order chi connectivity index (χ1) is 11.1. The van der Waals surface area contributed by atoms with Gasteiger partial charge in [0.25, 0.3) is 0 Å². The molecule has 0 aromatic heterocycles. The van der Waals surface area contributed by atoms with Crippen molar-refractivity contribution >= 4 is 0 Å². The van der Waals surface area contributed by atoms with Gasteiger partial charge in [0.1, 0.15) is 24.4 Å². The van der Waals surface area contributed by atoms with Crippen LogP contribution < -0.4 is 0 Å². The van der Waals surface area contributed by atoms with E-state index in [1.54, 1.807) is 6.92 Å². The first kappa shape index (κ1) is 18.5. The fourth-order valence-electron chi connectivity index (χ4n) is 4.93. The van der Waals surface area contributed by atoms with E-state index in [1.165, 1.54) is 0 Å². The Kier molecular flexibility index (Phi) is 4.50. The highest BCUT2D eigenvalue weighted by Crippen LogP contribution is 2.63. The van der Waals surface area contributed by atoms with Crippen LogP contribution >= 0.6 is 0 Å². The van der Waals surface area contributed by atoms with Crippen molar-refractivity contribution in [3.8, 4) is 0 Å². The smallest absolute Gasteiger partial charge is 0.187 e. The number of hydrogen-bond donors (Lipinski definition) is 6. The van der Waals surface area contributed by atoms with Crippen LogP contribution in [0, 0.1) is 16.7 Å². The van der Waals surface area contributed by atoms with Gasteiger partial charge < -0.3 is 40.1 Å². The van der Waals surface area contributed by atoms with Crippen molar-refractivity contribution in [3.05, 3.63) is 0 Å². The van der Waals surface area contributed by atoms with Crippen molar-refractivity contribution in [2.45, 2.75) is 76.2 Å². The maximum atomic E-state index is 10.6. The maximum absolute atomic E-state index is 10.6. The lowest BCUT2D eigenvalue weighted by atomic mass is 9.68. The molecule has 0 unspecified atom stereocenters. The highest BCUT2D eigenvalue weighted by molar-refractivity contribution is 5.19. The molecule has 3 aliphatic rings. The highest BCUT2D eigenvalue weighted by Gasteiger charge is 2.70. The van der Waals surface area contributed by atoms with Crippen LogP contribution in [-0.2, 0) is 9.47 Å². The zero-order valence-corrected chi connectivity index (χ0v) is 14.1. The standard InChI is InChI=1S/C16H28O8/c1-15(2)6-4-8(18)16(3,12(6)22)14(15)24-13-11(21)10(20)9(19)7(5-17)23-13/h6-14,17-22H,4-5H2,1-3H3/t6-,7-,8-,9-,10+,11-,12+,13+,14+,16+/m1/s1. The SMILES string of the molecule is CC1(C)[C@@H]2C[C@@H](O)[C@@](C)([C@H]2O)[C@H]1O[C@@H]1O[C@H](CO)[C@@H](O)[C@H](O)[C@H]1O. The average Bonchev–Trinajstić information content (AvgIpc) is 2.83. The van der Waals surface area contributed by atoms with Gasteiger partial charge in [0, 0.05) is 5.41 Å². The molecular formula is C16H28O8. The molecule has 10 atom stereocenters. The van der Waals surface area contributed by atoms with E-state index in [9.17, 15) is 30.6 Å². The van der Waals surface area contributed by atoms with Gasteiger partial charge in [0.15, 0.2) is 6.29 Å². The van der Waals surface area contributed by atoms with Gasteiger partial charge >= 0.3 is 0 Å². The van der Waals surface area contributed by atoms with Gasteiger partial charge in [-0.25, -0.2) is 0 Å². The second-order valence-electron chi connectivity index (χ2n) is 8.20. The van der Waals surface area contributed by atoms with Gasteiger partial charge in [-0.15, -0.1) is 0 Å². The van der Waals surface area contributed by atoms with Crippen molar-refractivity contribution < 1.29 is 40.1 Å². The molecule has 1 saturated heterocycles. The lowest BCUT2D eigenvalue weighted by Gasteiger charge is -2.48. The molecule has 3 rings (SSSR count). The number of ether oxygens (including phenoxy) is 2. The Morgan fingerprint density at radius 3 is 2.17 bits per heavy atom. The topological polar surface area (TPSA) is 140 Å². The highest BCUT2D eigenvalue weighted by atomic mass is 16.7. The summed E-state index contributed by atoms with van der Waals surface area (Å²) in [6, 6.07) is 0. The van der Waals surface area contributed by atoms with Crippen LogP contribution in [-0.4, -0.2) is 86.3 Å². The Labute approximate surface area is 140 Å². The largest absolute Gasteiger partial charge is 0.394 e. The molecule has 6 N–H and O–H groups in total. The monoisotopic (exact) mass is 348 g/mol. The molecule has 8 nitrogen and oxygen atoms in total. The van der Waals surface area contributed by atoms with Crippen molar-refractivity contribution in [2.75, 3.05) is 6.61 Å². The van der Waals surface area contributed by atoms with E-state index in [0.717, 1.165) is 0 Å². The van der Waals surface area contributed by atoms with E-state index in [1.807, 2.05) is 13.8 Å². The van der Waals surface area contributed by atoms with Crippen LogP contribution in [0.2, 0.25) is 0 Å². The van der Waals surface area contributed by atoms with Gasteiger partial charge in [0.2, 0.25) is 0 Å². The first-order valence-electron chi connectivity index (χ1n) is 8.38. The van der Waals surface area contributed by atoms with Crippen molar-refractivity contribution in [3.63, 3.8) is 0 Å². The van der Waals surface area contributed by atoms with Crippen molar-refractivity contribution in [1.29, 1.82) is 0 Å². The second kappa shape index (κ2) is 5.85. The van der Waals surface area contributed by atoms with Crippen LogP contribution in [0.5, 0.6) is 0 Å². The Hall–Kier alpha value is -0.320. The van der Waals surface area contributed by atoms with Crippen LogP contribution in [0.3, 0.4) is 0 Å². The van der Waals surface area contributed by atoms with Crippen LogP contribution in [0.1, 0.15) is 27.2 Å². The third-order valence-electron chi connectivity index (χ3n) is 6.53. The van der Waals surface area contributed by atoms with E-state index >= 15 is 0 Å². The van der Waals surface area contributed by atoms with E-state index in [-0.39, 0.29) is 5.92 Å². The zero-order valence-electron chi connectivity index (χ0n) is 14.1. The van der Waals surface area contributed by atoms with Gasteiger partial charge in [-0.1, -0.05) is 20.8 Å². The first-order valence-corrected chi connectivity index (χ1v) is 8.38. The molecule has 2 bridgehead atoms. The Morgan fingerprint density at radius 1 is 1.00 bits per heavy atom. The van der Waals surface area contributed by atoms with Crippen LogP contribution in [0.15, 0.2) is 0 Å². The van der Waals surface area contributed by atoms with Gasteiger partial charge in [0.05, 0.1) is 24.9 Å². The molecule has 3 fully saturated rings. The fraction of sp³-hybridized carbons (Fsp3) is 1.00. The molecular weight excluding hydrogens is 320 g/mol. The lowest BCUT2D eigenvalue weighted by molar-refractivity contribution is -0.331. The summed E-state index contributed by atoms with van der Waals surface area (Å²) in [6.45, 7) is 5.05. The third-order valence-corrected chi connectivity index (χ3v) is 6.53. The third kappa shape index (κ3) is 2.29. The van der Waals surface area contributed by atoms with Gasteiger partial charge in [-0.2, -0.15) is 0 Å². The summed E-state index contributed by atoms with van der Waals surface area (Å²) in [5.41, 5.74) is -1.40. The van der Waals surface area contributed by atoms with E-state index in [4.69, 9.17) is 9.47 Å². The molecule has 2 saturated carbocycles. The van der Waals surface area contributed by atoms with Crippen LogP contribution in [0.4, 0.5) is 0 Å². The van der Waals surface area contributed by atoms with Crippen molar-refractivity contribution in [1.82, 2.24) is 0 Å². The Morgan fingerprint density at radius 2 is 1.62 bits per heavy atom. The number of aliphatic hydroxyl groups excluding tert-OH is 6. The lowest BCUT2D eigenvalue weighted by Crippen LogP contribution is -2.62. The maximum Gasteiger partial charge on any atom is 0.187 e. The summed E-state index contributed by atoms with van der Waals surface area (Å²) < 4.78 is 11.3. The Bertz CT molecular complexity index is 483. The predicted octanol–water partition coefficient (Wildman–Crippen LogP) is -2.04. The molecule has 24 heavy (non-hydrogen) atoms. The zero-order chi connectivity index (χ0) is 18.0. The molecule has 2 aliphatic carbocycles. The van der Waals surface area contributed by atoms with Gasteiger partial charge in [-0.05, 0) is 17.8 Å². The predicted molar refractivity (Wildman–Crippen MR) is 80.6 cm³/mol. The van der Waals surface area contributed by atoms with Crippen molar-refractivity contribution in [2.24, 2.45) is 16.7 Å². The minimum atomic E-state index is -1.52. The van der Waals surface area contributed by atoms with E-state index < -0.39 is 66.5 Å². The number of rotatable bonds is 3. The molecule has 1 heterocycles. The van der Waals surface area contributed by atoms with E-state index in [2.05, 4.69) is 0 Å². The quantitative estimate of drug-likeness (QED) is 0.343. The Balaban J connectivity index is 1.84. The molecule has 1 aliphatic heterocycles. The average molecular weight is 348 g/mol. The molecule has 0 amide bonds. The minimum absolute atomic E-state index is 0.160. The summed E-state index contributed by atoms with van der Waals surface area (Å²) in [5, 5.41) is 60.1. The normalized spacial score (nSPS) is 56.6. The summed E-state index contributed by atoms with van der Waals surface area (Å²) in [7, 11) is 0. The van der Waals surface area contributed by atoms with E-state index in [0.29, 0.717) is 6.42 Å². The molecule has 8 heteroatoms. The molecule has 140 valence electrons. The molecule has 0 radical (unpaired) electrons. The molecule has 0 spiro atoms. The number of fused-ring (bicyclic) bond motifs is 2. The number of aliphatic hydroxyl groups is 6. The number of hydrogen-bond acceptors (Lipinski definition) is 8. The molecule has 0 aromatic rings. The van der Waals surface area contributed by atoms with Gasteiger partial charge in [-0.3, -0.25) is 0 Å². The minimum Gasteiger partial charge on any atom is -0.394 e.